The molecule has 4 nitrogen and oxygen atoms in total. The molecule has 0 aromatic heterocycles. The summed E-state index contributed by atoms with van der Waals surface area (Å²) in [5, 5.41) is 14.2. The quantitative estimate of drug-likeness (QED) is 0.470. The van der Waals surface area contributed by atoms with Crippen LogP contribution in [0.25, 0.3) is 0 Å². The number of carboxylic acid groups (broad SMARTS) is 1. The topological polar surface area (TPSA) is 61.4 Å². The van der Waals surface area contributed by atoms with Crippen molar-refractivity contribution in [1.29, 1.82) is 0 Å². The highest BCUT2D eigenvalue weighted by atomic mass is 16.4. The fraction of sp³-hybridized carbons (Fsp3) is 0.500. The van der Waals surface area contributed by atoms with Gasteiger partial charge in [-0.2, -0.15) is 0 Å². The van der Waals surface area contributed by atoms with Crippen LogP contribution in [0, 0.1) is 0 Å². The Labute approximate surface area is 58.9 Å². The van der Waals surface area contributed by atoms with Gasteiger partial charge in [0.2, 0.25) is 0 Å². The van der Waals surface area contributed by atoms with E-state index in [1.165, 1.54) is 0 Å². The largest absolute Gasteiger partial charge is 0.477 e. The normalized spacial score (nSPS) is 23.7. The summed E-state index contributed by atoms with van der Waals surface area (Å²) in [7, 11) is 1.80. The van der Waals surface area contributed by atoms with Gasteiger partial charge in [0.1, 0.15) is 5.70 Å². The molecule has 0 fully saturated rings. The third-order valence-electron chi connectivity index (χ3n) is 1.48. The molecule has 0 aliphatic carbocycles. The van der Waals surface area contributed by atoms with Crippen LogP contribution in [0.1, 0.15) is 0 Å². The molecule has 3 N–H and O–H groups in total. The summed E-state index contributed by atoms with van der Waals surface area (Å²) in [5.41, 5.74) is 0.291. The van der Waals surface area contributed by atoms with Crippen LogP contribution in [0.2, 0.25) is 0 Å². The predicted molar refractivity (Wildman–Crippen MR) is 36.6 cm³/mol. The Morgan fingerprint density at radius 1 is 2.00 bits per heavy atom. The van der Waals surface area contributed by atoms with E-state index < -0.39 is 5.97 Å². The summed E-state index contributed by atoms with van der Waals surface area (Å²) < 4.78 is 0. The highest BCUT2D eigenvalue weighted by molar-refractivity contribution is 5.86. The zero-order chi connectivity index (χ0) is 7.56. The second kappa shape index (κ2) is 2.70. The molecule has 1 aliphatic heterocycles. The van der Waals surface area contributed by atoms with Gasteiger partial charge in [0, 0.05) is 12.6 Å². The second-order valence-corrected chi connectivity index (χ2v) is 2.16. The van der Waals surface area contributed by atoms with Gasteiger partial charge in [-0.3, -0.25) is 0 Å². The molecular formula is C6H10N2O2. The number of carbonyl (C=O) groups is 1. The molecule has 0 amide bonds. The second-order valence-electron chi connectivity index (χ2n) is 2.16. The van der Waals surface area contributed by atoms with Crippen molar-refractivity contribution < 1.29 is 9.90 Å². The molecule has 1 heterocycles. The van der Waals surface area contributed by atoms with Crippen molar-refractivity contribution in [3.63, 3.8) is 0 Å². The highest BCUT2D eigenvalue weighted by Crippen LogP contribution is 2.00. The predicted octanol–water partition coefficient (Wildman–Crippen LogP) is -0.854. The van der Waals surface area contributed by atoms with Crippen LogP contribution in [-0.2, 0) is 4.79 Å². The van der Waals surface area contributed by atoms with Crippen LogP contribution >= 0.6 is 0 Å². The lowest BCUT2D eigenvalue weighted by atomic mass is 10.3. The van der Waals surface area contributed by atoms with Crippen molar-refractivity contribution in [1.82, 2.24) is 10.6 Å². The highest BCUT2D eigenvalue weighted by Gasteiger charge is 2.17. The van der Waals surface area contributed by atoms with E-state index in [2.05, 4.69) is 10.6 Å². The van der Waals surface area contributed by atoms with Crippen LogP contribution < -0.4 is 10.6 Å². The van der Waals surface area contributed by atoms with Crippen molar-refractivity contribution in [2.24, 2.45) is 0 Å². The lowest BCUT2D eigenvalue weighted by Gasteiger charge is -2.01. The van der Waals surface area contributed by atoms with E-state index in [-0.39, 0.29) is 6.04 Å². The molecule has 1 rings (SSSR count). The first-order valence-electron chi connectivity index (χ1n) is 3.10. The number of nitrogens with one attached hydrogen (secondary N) is 2. The maximum Gasteiger partial charge on any atom is 0.351 e. The molecule has 10 heavy (non-hydrogen) atoms. The van der Waals surface area contributed by atoms with Crippen LogP contribution in [0.3, 0.4) is 0 Å². The van der Waals surface area contributed by atoms with E-state index in [0.29, 0.717) is 12.2 Å². The number of aliphatic carboxylic acids is 1. The van der Waals surface area contributed by atoms with E-state index in [1.807, 2.05) is 0 Å². The zero-order valence-electron chi connectivity index (χ0n) is 5.72. The maximum absolute atomic E-state index is 10.3. The van der Waals surface area contributed by atoms with E-state index in [4.69, 9.17) is 5.11 Å². The molecule has 56 valence electrons. The average molecular weight is 142 g/mol. The Morgan fingerprint density at radius 2 is 2.70 bits per heavy atom. The van der Waals surface area contributed by atoms with Crippen molar-refractivity contribution >= 4 is 5.97 Å². The molecule has 1 aliphatic rings. The van der Waals surface area contributed by atoms with Gasteiger partial charge < -0.3 is 15.7 Å². The Kier molecular flexibility index (Phi) is 1.91. The Morgan fingerprint density at radius 3 is 3.00 bits per heavy atom. The smallest absolute Gasteiger partial charge is 0.351 e. The minimum Gasteiger partial charge on any atom is -0.477 e. The number of likely N-dealkylation sites (N-methyl/N-ethyl adjacent to an activating group) is 1. The van der Waals surface area contributed by atoms with Crippen LogP contribution in [0.4, 0.5) is 0 Å². The SMILES string of the molecule is CNC1C=C(C(=O)O)NC1. The Hall–Kier alpha value is -1.03. The molecule has 0 saturated heterocycles. The summed E-state index contributed by atoms with van der Waals surface area (Å²) in [4.78, 5) is 10.3. The van der Waals surface area contributed by atoms with Gasteiger partial charge in [-0.1, -0.05) is 0 Å². The minimum absolute atomic E-state index is 0.158. The molecule has 0 spiro atoms. The molecule has 0 bridgehead atoms. The van der Waals surface area contributed by atoms with Gasteiger partial charge in [-0.05, 0) is 13.1 Å². The molecule has 0 radical (unpaired) electrons. The van der Waals surface area contributed by atoms with Gasteiger partial charge in [0.25, 0.3) is 0 Å². The molecule has 0 aromatic rings. The summed E-state index contributed by atoms with van der Waals surface area (Å²) in [6, 6.07) is 0.158. The summed E-state index contributed by atoms with van der Waals surface area (Å²) in [6.45, 7) is 0.665. The third kappa shape index (κ3) is 1.27. The summed E-state index contributed by atoms with van der Waals surface area (Å²) >= 11 is 0. The van der Waals surface area contributed by atoms with E-state index >= 15 is 0 Å². The van der Waals surface area contributed by atoms with E-state index in [9.17, 15) is 4.79 Å². The Balaban J connectivity index is 2.57. The first kappa shape index (κ1) is 7.08. The fourth-order valence-corrected chi connectivity index (χ4v) is 0.871. The molecule has 0 saturated carbocycles. The third-order valence-corrected chi connectivity index (χ3v) is 1.48. The van der Waals surface area contributed by atoms with Gasteiger partial charge in [0.05, 0.1) is 0 Å². The van der Waals surface area contributed by atoms with Gasteiger partial charge >= 0.3 is 5.97 Å². The monoisotopic (exact) mass is 142 g/mol. The van der Waals surface area contributed by atoms with Crippen molar-refractivity contribution in [2.45, 2.75) is 6.04 Å². The average Bonchev–Trinajstić information content (AvgIpc) is 2.34. The van der Waals surface area contributed by atoms with Crippen LogP contribution in [0.5, 0.6) is 0 Å². The number of rotatable bonds is 2. The van der Waals surface area contributed by atoms with E-state index in [1.54, 1.807) is 13.1 Å². The van der Waals surface area contributed by atoms with Crippen molar-refractivity contribution in [3.8, 4) is 0 Å². The standard InChI is InChI=1S/C6H10N2O2/c1-7-4-2-5(6(9)10)8-3-4/h2,4,7-8H,3H2,1H3,(H,9,10). The van der Waals surface area contributed by atoms with Gasteiger partial charge in [-0.15, -0.1) is 0 Å². The Bertz CT molecular complexity index is 177. The number of hydrogen-bond donors (Lipinski definition) is 3. The molecular weight excluding hydrogens is 132 g/mol. The molecule has 1 atom stereocenters. The number of hydrogen-bond acceptors (Lipinski definition) is 3. The summed E-state index contributed by atoms with van der Waals surface area (Å²) in [6.07, 6.45) is 1.67. The first-order chi connectivity index (χ1) is 4.74. The molecule has 4 heteroatoms. The van der Waals surface area contributed by atoms with Crippen LogP contribution in [0.15, 0.2) is 11.8 Å². The minimum atomic E-state index is -0.891. The maximum atomic E-state index is 10.3. The van der Waals surface area contributed by atoms with Crippen LogP contribution in [-0.4, -0.2) is 30.7 Å². The fourth-order valence-electron chi connectivity index (χ4n) is 0.871. The lowest BCUT2D eigenvalue weighted by Crippen LogP contribution is -2.28. The zero-order valence-corrected chi connectivity index (χ0v) is 5.72. The summed E-state index contributed by atoms with van der Waals surface area (Å²) in [5.74, 6) is -0.891. The molecule has 0 aromatic carbocycles. The first-order valence-corrected chi connectivity index (χ1v) is 3.10. The van der Waals surface area contributed by atoms with Crippen molar-refractivity contribution in [2.75, 3.05) is 13.6 Å². The van der Waals surface area contributed by atoms with Crippen molar-refractivity contribution in [3.05, 3.63) is 11.8 Å². The van der Waals surface area contributed by atoms with Gasteiger partial charge in [0.15, 0.2) is 0 Å². The van der Waals surface area contributed by atoms with E-state index in [0.717, 1.165) is 0 Å². The van der Waals surface area contributed by atoms with Gasteiger partial charge in [-0.25, -0.2) is 4.79 Å². The number of carboxylic acids is 1. The lowest BCUT2D eigenvalue weighted by molar-refractivity contribution is -0.132. The molecule has 1 unspecified atom stereocenters.